The first-order chi connectivity index (χ1) is 18.8. The molecule has 39 heavy (non-hydrogen) atoms. The zero-order valence-corrected chi connectivity index (χ0v) is 26.5. The quantitative estimate of drug-likeness (QED) is 0.0736. The van der Waals surface area contributed by atoms with Gasteiger partial charge >= 0.3 is 11.9 Å². The maximum absolute atomic E-state index is 12.1. The third-order valence-electron chi connectivity index (χ3n) is 7.51. The highest BCUT2D eigenvalue weighted by molar-refractivity contribution is 5.70. The fourth-order valence-corrected chi connectivity index (χ4v) is 4.92. The summed E-state index contributed by atoms with van der Waals surface area (Å²) in [5, 5.41) is 9.49. The topological polar surface area (TPSA) is 72.8 Å². The van der Waals surface area contributed by atoms with Gasteiger partial charge in [-0.05, 0) is 24.7 Å². The Labute approximate surface area is 242 Å². The average Bonchev–Trinajstić information content (AvgIpc) is 2.89. The van der Waals surface area contributed by atoms with Gasteiger partial charge in [-0.2, -0.15) is 0 Å². The van der Waals surface area contributed by atoms with Gasteiger partial charge in [0.1, 0.15) is 6.61 Å². The molecule has 0 aromatic rings. The van der Waals surface area contributed by atoms with Crippen LogP contribution in [0, 0.1) is 11.8 Å². The number of ether oxygens (including phenoxy) is 2. The van der Waals surface area contributed by atoms with Crippen LogP contribution in [0.1, 0.15) is 175 Å². The molecule has 1 N–H and O–H groups in total. The lowest BCUT2D eigenvalue weighted by Crippen LogP contribution is -2.28. The summed E-state index contributed by atoms with van der Waals surface area (Å²) in [7, 11) is 0. The van der Waals surface area contributed by atoms with E-state index in [1.54, 1.807) is 0 Å². The molecule has 0 saturated carbocycles. The number of unbranched alkanes of at least 4 members (excludes halogenated alkanes) is 17. The van der Waals surface area contributed by atoms with Crippen LogP contribution in [0.4, 0.5) is 0 Å². The molecule has 0 unspecified atom stereocenters. The number of rotatable bonds is 29. The van der Waals surface area contributed by atoms with Gasteiger partial charge in [0.15, 0.2) is 6.10 Å². The van der Waals surface area contributed by atoms with E-state index in [-0.39, 0.29) is 25.2 Å². The standard InChI is InChI=1S/C34H66O5/c1-30(2)24-20-16-12-8-6-5-7-9-14-18-22-26-33(36)38-29-32(28-35)39-34(37)27-23-19-15-11-10-13-17-21-25-31(3)4/h30-32,35H,5-29H2,1-4H3/t32-/m0/s1. The van der Waals surface area contributed by atoms with Crippen LogP contribution < -0.4 is 0 Å². The van der Waals surface area contributed by atoms with Crippen LogP contribution in [0.2, 0.25) is 0 Å². The molecule has 232 valence electrons. The molecular weight excluding hydrogens is 488 g/mol. The zero-order valence-electron chi connectivity index (χ0n) is 26.5. The Hall–Kier alpha value is -1.10. The van der Waals surface area contributed by atoms with Gasteiger partial charge in [-0.3, -0.25) is 9.59 Å². The van der Waals surface area contributed by atoms with Gasteiger partial charge in [-0.25, -0.2) is 0 Å². The molecule has 0 aliphatic rings. The summed E-state index contributed by atoms with van der Waals surface area (Å²) in [4.78, 5) is 24.1. The second kappa shape index (κ2) is 28.4. The molecule has 0 heterocycles. The molecule has 0 rings (SSSR count). The molecule has 0 aromatic carbocycles. The molecule has 0 bridgehead atoms. The highest BCUT2D eigenvalue weighted by Crippen LogP contribution is 2.15. The lowest BCUT2D eigenvalue weighted by atomic mass is 10.0. The van der Waals surface area contributed by atoms with E-state index in [2.05, 4.69) is 27.7 Å². The van der Waals surface area contributed by atoms with Crippen LogP contribution in [0.15, 0.2) is 0 Å². The van der Waals surface area contributed by atoms with Crippen LogP contribution in [0.5, 0.6) is 0 Å². The van der Waals surface area contributed by atoms with Crippen molar-refractivity contribution in [1.29, 1.82) is 0 Å². The lowest BCUT2D eigenvalue weighted by Gasteiger charge is -2.15. The van der Waals surface area contributed by atoms with E-state index >= 15 is 0 Å². The van der Waals surface area contributed by atoms with E-state index in [0.29, 0.717) is 12.8 Å². The number of aliphatic hydroxyl groups is 1. The number of esters is 2. The summed E-state index contributed by atoms with van der Waals surface area (Å²) in [6, 6.07) is 0. The summed E-state index contributed by atoms with van der Waals surface area (Å²) in [6.07, 6.45) is 25.9. The smallest absolute Gasteiger partial charge is 0.306 e. The lowest BCUT2D eigenvalue weighted by molar-refractivity contribution is -0.161. The SMILES string of the molecule is CC(C)CCCCCCCCCCCCCC(=O)OC[C@H](CO)OC(=O)CCCCCCCCCCC(C)C. The van der Waals surface area contributed by atoms with Gasteiger partial charge in [0.2, 0.25) is 0 Å². The molecule has 0 aliphatic heterocycles. The fraction of sp³-hybridized carbons (Fsp3) is 0.941. The molecule has 0 radical (unpaired) electrons. The Bertz CT molecular complexity index is 546. The minimum Gasteiger partial charge on any atom is -0.462 e. The zero-order chi connectivity index (χ0) is 29.0. The molecule has 0 aliphatic carbocycles. The van der Waals surface area contributed by atoms with E-state index in [4.69, 9.17) is 9.47 Å². The van der Waals surface area contributed by atoms with Crippen molar-refractivity contribution in [3.63, 3.8) is 0 Å². The van der Waals surface area contributed by atoms with Crippen molar-refractivity contribution in [3.8, 4) is 0 Å². The third-order valence-corrected chi connectivity index (χ3v) is 7.51. The highest BCUT2D eigenvalue weighted by atomic mass is 16.6. The predicted molar refractivity (Wildman–Crippen MR) is 164 cm³/mol. The monoisotopic (exact) mass is 554 g/mol. The fourth-order valence-electron chi connectivity index (χ4n) is 4.92. The van der Waals surface area contributed by atoms with Crippen LogP contribution in [0.25, 0.3) is 0 Å². The van der Waals surface area contributed by atoms with Crippen molar-refractivity contribution < 1.29 is 24.2 Å². The van der Waals surface area contributed by atoms with Crippen molar-refractivity contribution >= 4 is 11.9 Å². The molecule has 0 saturated heterocycles. The van der Waals surface area contributed by atoms with Gasteiger partial charge in [-0.15, -0.1) is 0 Å². The average molecular weight is 555 g/mol. The van der Waals surface area contributed by atoms with Crippen LogP contribution >= 0.6 is 0 Å². The first-order valence-corrected chi connectivity index (χ1v) is 16.8. The molecule has 0 amide bonds. The first kappa shape index (κ1) is 37.9. The Morgan fingerprint density at radius 1 is 0.513 bits per heavy atom. The number of aliphatic hydroxyl groups excluding tert-OH is 1. The van der Waals surface area contributed by atoms with Crippen LogP contribution in [0.3, 0.4) is 0 Å². The summed E-state index contributed by atoms with van der Waals surface area (Å²) in [6.45, 7) is 8.78. The Morgan fingerprint density at radius 2 is 0.846 bits per heavy atom. The highest BCUT2D eigenvalue weighted by Gasteiger charge is 2.16. The first-order valence-electron chi connectivity index (χ1n) is 16.8. The Morgan fingerprint density at radius 3 is 1.21 bits per heavy atom. The summed E-state index contributed by atoms with van der Waals surface area (Å²) in [5.74, 6) is 1.05. The maximum atomic E-state index is 12.1. The van der Waals surface area contributed by atoms with E-state index in [1.165, 1.54) is 96.3 Å². The molecule has 0 aromatic heterocycles. The van der Waals surface area contributed by atoms with E-state index in [0.717, 1.165) is 50.4 Å². The predicted octanol–water partition coefficient (Wildman–Crippen LogP) is 9.72. The van der Waals surface area contributed by atoms with Crippen molar-refractivity contribution in [2.75, 3.05) is 13.2 Å². The molecule has 0 spiro atoms. The normalized spacial score (nSPS) is 12.3. The molecule has 5 heteroatoms. The van der Waals surface area contributed by atoms with Gasteiger partial charge in [0.25, 0.3) is 0 Å². The van der Waals surface area contributed by atoms with Crippen molar-refractivity contribution in [2.24, 2.45) is 11.8 Å². The van der Waals surface area contributed by atoms with Crippen molar-refractivity contribution in [2.45, 2.75) is 181 Å². The molecule has 5 nitrogen and oxygen atoms in total. The van der Waals surface area contributed by atoms with E-state index in [9.17, 15) is 14.7 Å². The summed E-state index contributed by atoms with van der Waals surface area (Å²) >= 11 is 0. The molecule has 0 fully saturated rings. The molecule has 1 atom stereocenters. The summed E-state index contributed by atoms with van der Waals surface area (Å²) < 4.78 is 10.5. The number of carbonyl (C=O) groups is 2. The van der Waals surface area contributed by atoms with Crippen molar-refractivity contribution in [1.82, 2.24) is 0 Å². The van der Waals surface area contributed by atoms with Gasteiger partial charge in [0, 0.05) is 12.8 Å². The summed E-state index contributed by atoms with van der Waals surface area (Å²) in [5.41, 5.74) is 0. The molecular formula is C34H66O5. The van der Waals surface area contributed by atoms with Gasteiger partial charge in [-0.1, -0.05) is 150 Å². The van der Waals surface area contributed by atoms with Crippen LogP contribution in [-0.4, -0.2) is 36.4 Å². The minimum atomic E-state index is -0.762. The second-order valence-corrected chi connectivity index (χ2v) is 12.6. The van der Waals surface area contributed by atoms with Crippen LogP contribution in [-0.2, 0) is 19.1 Å². The van der Waals surface area contributed by atoms with Gasteiger partial charge in [0.05, 0.1) is 6.61 Å². The third kappa shape index (κ3) is 29.7. The second-order valence-electron chi connectivity index (χ2n) is 12.6. The van der Waals surface area contributed by atoms with Crippen molar-refractivity contribution in [3.05, 3.63) is 0 Å². The number of carbonyl (C=O) groups excluding carboxylic acids is 2. The van der Waals surface area contributed by atoms with Gasteiger partial charge < -0.3 is 14.6 Å². The van der Waals surface area contributed by atoms with E-state index in [1.807, 2.05) is 0 Å². The Kier molecular flexibility index (Phi) is 27.6. The minimum absolute atomic E-state index is 0.0602. The Balaban J connectivity index is 3.55. The number of hydrogen-bond acceptors (Lipinski definition) is 5. The van der Waals surface area contributed by atoms with E-state index < -0.39 is 6.10 Å². The maximum Gasteiger partial charge on any atom is 0.306 e. The number of hydrogen-bond donors (Lipinski definition) is 1. The largest absolute Gasteiger partial charge is 0.462 e.